The summed E-state index contributed by atoms with van der Waals surface area (Å²) in [6, 6.07) is -0.985. The Labute approximate surface area is 89.2 Å². The summed E-state index contributed by atoms with van der Waals surface area (Å²) in [4.78, 5) is 32.1. The summed E-state index contributed by atoms with van der Waals surface area (Å²) in [5.41, 5.74) is 4.70. The number of hydrogen-bond acceptors (Lipinski definition) is 5. The molecular formula is C7H9N5O4. The maximum Gasteiger partial charge on any atom is 0.358 e. The van der Waals surface area contributed by atoms with Crippen LogP contribution in [0.1, 0.15) is 16.2 Å². The molecule has 0 aliphatic rings. The van der Waals surface area contributed by atoms with Gasteiger partial charge in [-0.1, -0.05) is 5.21 Å². The lowest BCUT2D eigenvalue weighted by Crippen LogP contribution is -2.37. The van der Waals surface area contributed by atoms with Gasteiger partial charge in [0.15, 0.2) is 5.69 Å². The van der Waals surface area contributed by atoms with E-state index in [9.17, 15) is 14.4 Å². The van der Waals surface area contributed by atoms with Crippen molar-refractivity contribution in [3.05, 3.63) is 11.4 Å². The number of urea groups is 1. The quantitative estimate of drug-likeness (QED) is 0.572. The fraction of sp³-hybridized carbons (Fsp3) is 0.286. The standard InChI is InChI=1S/C7H9N5O4/c1-3-5(6(14)15)10-11-12(3)2-4(13)9-7(8)16/h2H2,1H3,(H,14,15)(H3,8,9,13,16). The number of hydrogen-bond donors (Lipinski definition) is 3. The molecule has 4 N–H and O–H groups in total. The summed E-state index contributed by atoms with van der Waals surface area (Å²) in [5.74, 6) is -1.93. The van der Waals surface area contributed by atoms with Gasteiger partial charge in [-0.2, -0.15) is 0 Å². The van der Waals surface area contributed by atoms with E-state index in [4.69, 9.17) is 10.8 Å². The van der Waals surface area contributed by atoms with Gasteiger partial charge < -0.3 is 10.8 Å². The van der Waals surface area contributed by atoms with Crippen molar-refractivity contribution < 1.29 is 19.5 Å². The molecule has 0 unspecified atom stereocenters. The van der Waals surface area contributed by atoms with Crippen LogP contribution in [0.5, 0.6) is 0 Å². The molecule has 0 atom stereocenters. The Hall–Kier alpha value is -2.45. The highest BCUT2D eigenvalue weighted by Gasteiger charge is 2.16. The second-order valence-corrected chi connectivity index (χ2v) is 2.90. The van der Waals surface area contributed by atoms with Crippen molar-refractivity contribution in [3.8, 4) is 0 Å². The van der Waals surface area contributed by atoms with Crippen molar-refractivity contribution >= 4 is 17.9 Å². The van der Waals surface area contributed by atoms with Gasteiger partial charge in [0.05, 0.1) is 5.69 Å². The lowest BCUT2D eigenvalue weighted by atomic mass is 10.3. The summed E-state index contributed by atoms with van der Waals surface area (Å²) in [6.45, 7) is 1.12. The fourth-order valence-electron chi connectivity index (χ4n) is 1.02. The van der Waals surface area contributed by atoms with Crippen LogP contribution in [0.2, 0.25) is 0 Å². The van der Waals surface area contributed by atoms with Gasteiger partial charge in [-0.25, -0.2) is 14.3 Å². The highest BCUT2D eigenvalue weighted by Crippen LogP contribution is 2.02. The SMILES string of the molecule is Cc1c(C(=O)O)nnn1CC(=O)NC(N)=O. The molecule has 86 valence electrons. The second kappa shape index (κ2) is 4.38. The Morgan fingerprint density at radius 3 is 2.56 bits per heavy atom. The van der Waals surface area contributed by atoms with Crippen LogP contribution in [0.25, 0.3) is 0 Å². The van der Waals surface area contributed by atoms with Gasteiger partial charge in [0.1, 0.15) is 6.54 Å². The third-order valence-electron chi connectivity index (χ3n) is 1.74. The number of nitrogens with two attached hydrogens (primary N) is 1. The average Bonchev–Trinajstić information content (AvgIpc) is 2.46. The fourth-order valence-corrected chi connectivity index (χ4v) is 1.02. The van der Waals surface area contributed by atoms with E-state index in [-0.39, 0.29) is 17.9 Å². The van der Waals surface area contributed by atoms with Crippen molar-refractivity contribution in [3.63, 3.8) is 0 Å². The number of amides is 3. The van der Waals surface area contributed by atoms with Crippen molar-refractivity contribution in [2.45, 2.75) is 13.5 Å². The summed E-state index contributed by atoms with van der Waals surface area (Å²) < 4.78 is 1.06. The first-order valence-electron chi connectivity index (χ1n) is 4.14. The molecule has 1 rings (SSSR count). The number of aromatic nitrogens is 3. The van der Waals surface area contributed by atoms with Crippen LogP contribution >= 0.6 is 0 Å². The van der Waals surface area contributed by atoms with Crippen molar-refractivity contribution in [2.24, 2.45) is 5.73 Å². The van der Waals surface area contributed by atoms with E-state index in [1.165, 1.54) is 6.92 Å². The smallest absolute Gasteiger partial charge is 0.358 e. The lowest BCUT2D eigenvalue weighted by molar-refractivity contribution is -0.120. The third kappa shape index (κ3) is 2.53. The van der Waals surface area contributed by atoms with E-state index < -0.39 is 17.9 Å². The molecule has 9 heteroatoms. The minimum Gasteiger partial charge on any atom is -0.476 e. The van der Waals surface area contributed by atoms with E-state index in [1.807, 2.05) is 5.32 Å². The molecule has 0 spiro atoms. The second-order valence-electron chi connectivity index (χ2n) is 2.90. The first-order valence-corrected chi connectivity index (χ1v) is 4.14. The van der Waals surface area contributed by atoms with E-state index in [0.29, 0.717) is 0 Å². The molecule has 0 aliphatic carbocycles. The molecule has 0 fully saturated rings. The van der Waals surface area contributed by atoms with E-state index in [0.717, 1.165) is 4.68 Å². The summed E-state index contributed by atoms with van der Waals surface area (Å²) >= 11 is 0. The summed E-state index contributed by atoms with van der Waals surface area (Å²) in [7, 11) is 0. The molecule has 3 amide bonds. The zero-order valence-corrected chi connectivity index (χ0v) is 8.30. The minimum absolute atomic E-state index is 0.215. The largest absolute Gasteiger partial charge is 0.476 e. The van der Waals surface area contributed by atoms with E-state index >= 15 is 0 Å². The minimum atomic E-state index is -1.24. The average molecular weight is 227 g/mol. The van der Waals surface area contributed by atoms with Crippen LogP contribution in [-0.2, 0) is 11.3 Å². The number of nitrogens with zero attached hydrogens (tertiary/aromatic N) is 3. The Morgan fingerprint density at radius 2 is 2.12 bits per heavy atom. The number of carbonyl (C=O) groups excluding carboxylic acids is 2. The molecular weight excluding hydrogens is 218 g/mol. The third-order valence-corrected chi connectivity index (χ3v) is 1.74. The molecule has 9 nitrogen and oxygen atoms in total. The van der Waals surface area contributed by atoms with Crippen LogP contribution in [0.4, 0.5) is 4.79 Å². The number of imide groups is 1. The summed E-state index contributed by atoms with van der Waals surface area (Å²) in [5, 5.41) is 17.3. The Morgan fingerprint density at radius 1 is 1.50 bits per heavy atom. The number of rotatable bonds is 3. The molecule has 0 aromatic carbocycles. The van der Waals surface area contributed by atoms with E-state index in [1.54, 1.807) is 0 Å². The highest BCUT2D eigenvalue weighted by atomic mass is 16.4. The van der Waals surface area contributed by atoms with Crippen molar-refractivity contribution in [1.82, 2.24) is 20.3 Å². The normalized spacial score (nSPS) is 9.81. The zero-order chi connectivity index (χ0) is 12.3. The van der Waals surface area contributed by atoms with Gasteiger partial charge in [0, 0.05) is 0 Å². The Kier molecular flexibility index (Phi) is 3.18. The van der Waals surface area contributed by atoms with Gasteiger partial charge in [0.25, 0.3) is 0 Å². The maximum atomic E-state index is 11.1. The first-order chi connectivity index (χ1) is 7.41. The molecule has 0 radical (unpaired) electrons. The molecule has 0 saturated carbocycles. The Balaban J connectivity index is 2.79. The molecule has 0 saturated heterocycles. The van der Waals surface area contributed by atoms with Gasteiger partial charge in [0.2, 0.25) is 5.91 Å². The maximum absolute atomic E-state index is 11.1. The monoisotopic (exact) mass is 227 g/mol. The predicted molar refractivity (Wildman–Crippen MR) is 49.4 cm³/mol. The van der Waals surface area contributed by atoms with Crippen LogP contribution in [-0.4, -0.2) is 38.0 Å². The van der Waals surface area contributed by atoms with Crippen LogP contribution in [0, 0.1) is 6.92 Å². The number of primary amides is 1. The topological polar surface area (TPSA) is 140 Å². The van der Waals surface area contributed by atoms with Crippen molar-refractivity contribution in [1.29, 1.82) is 0 Å². The van der Waals surface area contributed by atoms with Crippen molar-refractivity contribution in [2.75, 3.05) is 0 Å². The van der Waals surface area contributed by atoms with Crippen LogP contribution in [0.15, 0.2) is 0 Å². The first kappa shape index (κ1) is 11.6. The van der Waals surface area contributed by atoms with Crippen LogP contribution in [0.3, 0.4) is 0 Å². The van der Waals surface area contributed by atoms with E-state index in [2.05, 4.69) is 10.3 Å². The molecule has 0 aliphatic heterocycles. The zero-order valence-electron chi connectivity index (χ0n) is 8.30. The van der Waals surface area contributed by atoms with Gasteiger partial charge in [-0.15, -0.1) is 5.10 Å². The number of carboxylic acid groups (broad SMARTS) is 1. The molecule has 1 heterocycles. The van der Waals surface area contributed by atoms with Gasteiger partial charge in [-0.05, 0) is 6.92 Å². The lowest BCUT2D eigenvalue weighted by Gasteiger charge is -2.02. The number of carboxylic acids is 1. The van der Waals surface area contributed by atoms with Gasteiger partial charge in [-0.3, -0.25) is 10.1 Å². The number of nitrogens with one attached hydrogen (secondary N) is 1. The summed E-state index contributed by atoms with van der Waals surface area (Å²) in [6.07, 6.45) is 0. The molecule has 1 aromatic rings. The molecule has 16 heavy (non-hydrogen) atoms. The number of aromatic carboxylic acids is 1. The number of carbonyl (C=O) groups is 3. The highest BCUT2D eigenvalue weighted by molar-refractivity contribution is 5.93. The predicted octanol–water partition coefficient (Wildman–Crippen LogP) is -1.52. The molecule has 1 aromatic heterocycles. The molecule has 0 bridgehead atoms. The van der Waals surface area contributed by atoms with Gasteiger partial charge >= 0.3 is 12.0 Å². The van der Waals surface area contributed by atoms with Crippen LogP contribution < -0.4 is 11.1 Å². The Bertz CT molecular complexity index is 452.